The smallest absolute Gasteiger partial charge is 0.259 e. The zero-order valence-electron chi connectivity index (χ0n) is 10.7. The summed E-state index contributed by atoms with van der Waals surface area (Å²) in [6, 6.07) is 13.5. The van der Waals surface area contributed by atoms with Crippen molar-refractivity contribution in [1.82, 2.24) is 0 Å². The average molecular weight is 381 g/mol. The van der Waals surface area contributed by atoms with Crippen molar-refractivity contribution < 1.29 is 9.18 Å². The molecule has 0 aliphatic carbocycles. The van der Waals surface area contributed by atoms with Gasteiger partial charge in [0, 0.05) is 15.8 Å². The molecule has 0 N–H and O–H groups in total. The van der Waals surface area contributed by atoms with Crippen LogP contribution in [0.15, 0.2) is 61.2 Å². The molecule has 2 rings (SSSR count). The van der Waals surface area contributed by atoms with Crippen molar-refractivity contribution in [2.24, 2.45) is 0 Å². The van der Waals surface area contributed by atoms with E-state index in [1.807, 2.05) is 52.9 Å². The van der Waals surface area contributed by atoms with Gasteiger partial charge in [0.15, 0.2) is 0 Å². The van der Waals surface area contributed by atoms with E-state index < -0.39 is 0 Å². The van der Waals surface area contributed by atoms with Crippen LogP contribution in [-0.2, 0) is 0 Å². The monoisotopic (exact) mass is 381 g/mol. The van der Waals surface area contributed by atoms with E-state index in [0.717, 1.165) is 5.69 Å². The summed E-state index contributed by atoms with van der Waals surface area (Å²) in [6.07, 6.45) is 1.67. The predicted molar refractivity (Wildman–Crippen MR) is 87.4 cm³/mol. The van der Waals surface area contributed by atoms with Crippen LogP contribution < -0.4 is 4.90 Å². The van der Waals surface area contributed by atoms with Crippen LogP contribution in [0.3, 0.4) is 0 Å². The summed E-state index contributed by atoms with van der Waals surface area (Å²) in [4.78, 5) is 14.2. The molecule has 0 heterocycles. The molecule has 0 radical (unpaired) electrons. The van der Waals surface area contributed by atoms with Gasteiger partial charge in [-0.05, 0) is 52.9 Å². The average Bonchev–Trinajstić information content (AvgIpc) is 2.45. The van der Waals surface area contributed by atoms with Gasteiger partial charge in [-0.2, -0.15) is 0 Å². The molecule has 0 aliphatic heterocycles. The van der Waals surface area contributed by atoms with E-state index in [0.29, 0.717) is 15.7 Å². The Balaban J connectivity index is 2.39. The van der Waals surface area contributed by atoms with Crippen molar-refractivity contribution in [2.75, 3.05) is 11.4 Å². The molecule has 20 heavy (non-hydrogen) atoms. The first-order chi connectivity index (χ1) is 9.63. The highest BCUT2D eigenvalue weighted by molar-refractivity contribution is 14.1. The van der Waals surface area contributed by atoms with Gasteiger partial charge in [0.1, 0.15) is 5.82 Å². The molecule has 0 saturated carbocycles. The van der Waals surface area contributed by atoms with E-state index in [-0.39, 0.29) is 11.7 Å². The summed E-state index contributed by atoms with van der Waals surface area (Å²) in [5.74, 6) is -0.513. The highest BCUT2D eigenvalue weighted by Gasteiger charge is 2.18. The number of nitrogens with zero attached hydrogens (tertiary/aromatic N) is 1. The number of amides is 1. The van der Waals surface area contributed by atoms with Crippen molar-refractivity contribution in [3.63, 3.8) is 0 Å². The topological polar surface area (TPSA) is 20.3 Å². The van der Waals surface area contributed by atoms with Crippen LogP contribution in [0.5, 0.6) is 0 Å². The fraction of sp³-hybridized carbons (Fsp3) is 0.0625. The number of hydrogen-bond donors (Lipinski definition) is 0. The number of hydrogen-bond acceptors (Lipinski definition) is 1. The van der Waals surface area contributed by atoms with Crippen molar-refractivity contribution in [3.05, 3.63) is 76.1 Å². The number of halogens is 2. The molecule has 102 valence electrons. The maximum absolute atomic E-state index is 13.1. The van der Waals surface area contributed by atoms with Crippen molar-refractivity contribution >= 4 is 34.2 Å². The largest absolute Gasteiger partial charge is 0.305 e. The molecular weight excluding hydrogens is 368 g/mol. The van der Waals surface area contributed by atoms with Gasteiger partial charge < -0.3 is 4.90 Å². The van der Waals surface area contributed by atoms with E-state index in [9.17, 15) is 9.18 Å². The van der Waals surface area contributed by atoms with Gasteiger partial charge in [-0.1, -0.05) is 24.3 Å². The maximum Gasteiger partial charge on any atom is 0.259 e. The molecule has 0 fully saturated rings. The summed E-state index contributed by atoms with van der Waals surface area (Å²) in [5.41, 5.74) is 1.27. The molecule has 2 nitrogen and oxygen atoms in total. The van der Waals surface area contributed by atoms with Gasteiger partial charge in [-0.3, -0.25) is 4.79 Å². The lowest BCUT2D eigenvalue weighted by Crippen LogP contribution is -2.31. The predicted octanol–water partition coefficient (Wildman–Crippen LogP) is 4.26. The molecule has 0 atom stereocenters. The second-order valence-electron chi connectivity index (χ2n) is 4.16. The zero-order chi connectivity index (χ0) is 14.5. The molecule has 2 aromatic rings. The third kappa shape index (κ3) is 3.25. The first kappa shape index (κ1) is 14.7. The third-order valence-electron chi connectivity index (χ3n) is 2.79. The summed E-state index contributed by atoms with van der Waals surface area (Å²) >= 11 is 1.97. The standard InChI is InChI=1S/C16H13FINO/c1-2-10-19(13-6-4-3-5-7-13)16(20)14-9-8-12(17)11-15(14)18/h2-9,11H,1,10H2. The number of benzene rings is 2. The van der Waals surface area contributed by atoms with E-state index in [2.05, 4.69) is 6.58 Å². The first-order valence-electron chi connectivity index (χ1n) is 6.06. The molecule has 1 amide bonds. The Bertz CT molecular complexity index is 628. The fourth-order valence-electron chi connectivity index (χ4n) is 1.85. The van der Waals surface area contributed by atoms with Gasteiger partial charge >= 0.3 is 0 Å². The molecule has 4 heteroatoms. The summed E-state index contributed by atoms with van der Waals surface area (Å²) in [6.45, 7) is 4.08. The molecule has 0 spiro atoms. The van der Waals surface area contributed by atoms with Crippen LogP contribution in [-0.4, -0.2) is 12.5 Å². The summed E-state index contributed by atoms with van der Waals surface area (Å²) in [5, 5.41) is 0. The third-order valence-corrected chi connectivity index (χ3v) is 3.68. The van der Waals surface area contributed by atoms with Gasteiger partial charge in [-0.15, -0.1) is 6.58 Å². The van der Waals surface area contributed by atoms with E-state index >= 15 is 0 Å². The lowest BCUT2D eigenvalue weighted by Gasteiger charge is -2.22. The minimum Gasteiger partial charge on any atom is -0.305 e. The number of para-hydroxylation sites is 1. The minimum absolute atomic E-state index is 0.166. The normalized spacial score (nSPS) is 10.1. The van der Waals surface area contributed by atoms with Crippen LogP contribution in [0.25, 0.3) is 0 Å². The zero-order valence-corrected chi connectivity index (χ0v) is 12.9. The first-order valence-corrected chi connectivity index (χ1v) is 7.14. The molecule has 0 bridgehead atoms. The van der Waals surface area contributed by atoms with Gasteiger partial charge in [-0.25, -0.2) is 4.39 Å². The Morgan fingerprint density at radius 2 is 1.95 bits per heavy atom. The number of rotatable bonds is 4. The Morgan fingerprint density at radius 3 is 2.55 bits per heavy atom. The lowest BCUT2D eigenvalue weighted by atomic mass is 10.1. The maximum atomic E-state index is 13.1. The fourth-order valence-corrected chi connectivity index (χ4v) is 2.56. The second kappa shape index (κ2) is 6.65. The van der Waals surface area contributed by atoms with Gasteiger partial charge in [0.2, 0.25) is 0 Å². The quantitative estimate of drug-likeness (QED) is 0.573. The molecule has 0 saturated heterocycles. The molecule has 0 aliphatic rings. The van der Waals surface area contributed by atoms with E-state index in [1.165, 1.54) is 18.2 Å². The summed E-state index contributed by atoms with van der Waals surface area (Å²) < 4.78 is 13.7. The highest BCUT2D eigenvalue weighted by Crippen LogP contribution is 2.20. The van der Waals surface area contributed by atoms with Crippen LogP contribution in [0.1, 0.15) is 10.4 Å². The Kier molecular flexibility index (Phi) is 4.89. The number of anilines is 1. The van der Waals surface area contributed by atoms with Gasteiger partial charge in [0.25, 0.3) is 5.91 Å². The summed E-state index contributed by atoms with van der Waals surface area (Å²) in [7, 11) is 0. The van der Waals surface area contributed by atoms with E-state index in [1.54, 1.807) is 11.0 Å². The molecule has 0 unspecified atom stereocenters. The number of carbonyl (C=O) groups is 1. The molecule has 0 aromatic heterocycles. The Hall–Kier alpha value is -1.69. The Labute approximate surface area is 131 Å². The van der Waals surface area contributed by atoms with Crippen LogP contribution in [0, 0.1) is 9.39 Å². The van der Waals surface area contributed by atoms with Crippen LogP contribution in [0.4, 0.5) is 10.1 Å². The molecular formula is C16H13FINO. The van der Waals surface area contributed by atoms with Crippen molar-refractivity contribution in [3.8, 4) is 0 Å². The SMILES string of the molecule is C=CCN(C(=O)c1ccc(F)cc1I)c1ccccc1. The van der Waals surface area contributed by atoms with E-state index in [4.69, 9.17) is 0 Å². The van der Waals surface area contributed by atoms with Crippen LogP contribution >= 0.6 is 22.6 Å². The van der Waals surface area contributed by atoms with Crippen LogP contribution in [0.2, 0.25) is 0 Å². The highest BCUT2D eigenvalue weighted by atomic mass is 127. The van der Waals surface area contributed by atoms with Crippen molar-refractivity contribution in [2.45, 2.75) is 0 Å². The lowest BCUT2D eigenvalue weighted by molar-refractivity contribution is 0.0989. The molecule has 2 aromatic carbocycles. The second-order valence-corrected chi connectivity index (χ2v) is 5.33. The van der Waals surface area contributed by atoms with Crippen molar-refractivity contribution in [1.29, 1.82) is 0 Å². The van der Waals surface area contributed by atoms with Gasteiger partial charge in [0.05, 0.1) is 5.56 Å². The number of carbonyl (C=O) groups excluding carboxylic acids is 1. The Morgan fingerprint density at radius 1 is 1.25 bits per heavy atom. The minimum atomic E-state index is -0.346.